The fourth-order valence-electron chi connectivity index (χ4n) is 8.24. The van der Waals surface area contributed by atoms with E-state index < -0.39 is 92.9 Å². The average molecular weight is 819 g/mol. The van der Waals surface area contributed by atoms with Gasteiger partial charge in [0.05, 0.1) is 29.9 Å². The predicted octanol–water partition coefficient (Wildman–Crippen LogP) is 4.02. The maximum absolute atomic E-state index is 14.7. The van der Waals surface area contributed by atoms with E-state index in [4.69, 9.17) is 24.2 Å². The van der Waals surface area contributed by atoms with Crippen LogP contribution in [0, 0.1) is 23.2 Å². The molecule has 3 N–H and O–H groups in total. The van der Waals surface area contributed by atoms with Crippen molar-refractivity contribution in [2.24, 2.45) is 23.2 Å². The van der Waals surface area contributed by atoms with Gasteiger partial charge in [0.25, 0.3) is 5.91 Å². The van der Waals surface area contributed by atoms with E-state index in [1.807, 2.05) is 4.72 Å². The minimum Gasteiger partial charge on any atom is -0.497 e. The van der Waals surface area contributed by atoms with Crippen molar-refractivity contribution in [2.75, 3.05) is 13.7 Å². The summed E-state index contributed by atoms with van der Waals surface area (Å²) >= 11 is 0. The number of rotatable bonds is 8. The van der Waals surface area contributed by atoms with Crippen LogP contribution < -0.4 is 24.8 Å². The van der Waals surface area contributed by atoms with Gasteiger partial charge in [-0.3, -0.25) is 19.1 Å². The number of hydrogen-bond acceptors (Lipinski definition) is 11. The molecule has 3 heterocycles. The Hall–Kier alpha value is -4.35. The molecule has 4 fully saturated rings. The summed E-state index contributed by atoms with van der Waals surface area (Å²) in [6.07, 6.45) is -0.279. The van der Waals surface area contributed by atoms with Gasteiger partial charge >= 0.3 is 6.09 Å². The number of alkyl halides is 2. The number of sulfonamides is 1. The van der Waals surface area contributed by atoms with E-state index in [9.17, 15) is 36.4 Å². The highest BCUT2D eigenvalue weighted by Gasteiger charge is 2.64. The maximum Gasteiger partial charge on any atom is 0.408 e. The van der Waals surface area contributed by atoms with Crippen LogP contribution in [0.2, 0.25) is 0 Å². The van der Waals surface area contributed by atoms with Gasteiger partial charge in [-0.05, 0) is 74.3 Å². The molecule has 4 amide bonds. The van der Waals surface area contributed by atoms with E-state index in [1.54, 1.807) is 45.9 Å². The quantitative estimate of drug-likeness (QED) is 0.348. The van der Waals surface area contributed by atoms with E-state index in [1.165, 1.54) is 12.0 Å². The molecule has 18 heteroatoms. The van der Waals surface area contributed by atoms with Crippen LogP contribution in [0.25, 0.3) is 11.0 Å². The molecule has 0 radical (unpaired) electrons. The number of aryl methyl sites for hydroxylation is 1. The Balaban J connectivity index is 1.25. The third-order valence-electron chi connectivity index (χ3n) is 12.0. The van der Waals surface area contributed by atoms with Crippen LogP contribution in [0.3, 0.4) is 0 Å². The first-order valence-electron chi connectivity index (χ1n) is 19.9. The number of methoxy groups -OCH3 is 1. The number of benzene rings is 1. The molecule has 2 bridgehead atoms. The van der Waals surface area contributed by atoms with Gasteiger partial charge in [-0.25, -0.2) is 32.0 Å². The number of nitrogens with one attached hydrogen (secondary N) is 3. The van der Waals surface area contributed by atoms with E-state index in [-0.39, 0.29) is 30.9 Å². The van der Waals surface area contributed by atoms with Crippen LogP contribution in [0.15, 0.2) is 18.2 Å². The Morgan fingerprint density at radius 2 is 1.82 bits per heavy atom. The van der Waals surface area contributed by atoms with E-state index >= 15 is 0 Å². The Bertz CT molecular complexity index is 2030. The number of halogens is 2. The molecule has 1 aromatic heterocycles. The van der Waals surface area contributed by atoms with Crippen molar-refractivity contribution in [3.8, 4) is 11.6 Å². The monoisotopic (exact) mass is 818 g/mol. The van der Waals surface area contributed by atoms with Crippen LogP contribution in [0.4, 0.5) is 13.6 Å². The summed E-state index contributed by atoms with van der Waals surface area (Å²) in [6.45, 7) is 6.81. The molecule has 3 aliphatic carbocycles. The first kappa shape index (κ1) is 40.8. The number of alkyl carbamates (subject to hydrolysis) is 1. The number of hydrogen-bond donors (Lipinski definition) is 3. The summed E-state index contributed by atoms with van der Waals surface area (Å²) < 4.78 is 72.8. The predicted molar refractivity (Wildman–Crippen MR) is 202 cm³/mol. The summed E-state index contributed by atoms with van der Waals surface area (Å²) in [6, 6.07) is 2.80. The van der Waals surface area contributed by atoms with Gasteiger partial charge in [0, 0.05) is 18.4 Å². The molecular weight excluding hydrogens is 767 g/mol. The van der Waals surface area contributed by atoms with Crippen molar-refractivity contribution >= 4 is 44.9 Å². The molecule has 2 aromatic rings. The number of fused-ring (bicyclic) bond motifs is 5. The van der Waals surface area contributed by atoms with Crippen LogP contribution in [-0.4, -0.2) is 102 Å². The molecule has 0 unspecified atom stereocenters. The Morgan fingerprint density at radius 1 is 1.07 bits per heavy atom. The number of nitrogens with zero attached hydrogens (tertiary/aromatic N) is 3. The smallest absolute Gasteiger partial charge is 0.408 e. The molecule has 1 saturated heterocycles. The van der Waals surface area contributed by atoms with Crippen LogP contribution in [0.5, 0.6) is 11.6 Å². The molecule has 2 aliphatic heterocycles. The molecule has 7 rings (SSSR count). The molecule has 8 atom stereocenters. The summed E-state index contributed by atoms with van der Waals surface area (Å²) in [5, 5.41) is 4.61. The van der Waals surface area contributed by atoms with Gasteiger partial charge in [0.1, 0.15) is 41.3 Å². The number of aromatic nitrogens is 2. The normalized spacial score (nSPS) is 30.8. The molecule has 1 aromatic carbocycles. The molecular formula is C39H52F2N6O9S. The van der Waals surface area contributed by atoms with Crippen molar-refractivity contribution in [3.63, 3.8) is 0 Å². The SMILES string of the molecule is COc1ccc2nc3c(nc2c1)O[C@H]1CN(C(=O)[C@H](C(C)(C)C)NC(=O)O[C@@H]2C[C@H]2CCCCC3)[C@H](C(=O)N[C@]2(C(=O)NS(=O)(=O)C3CC3)C[C@H]2CC(F)F)[C@@H]1C. The van der Waals surface area contributed by atoms with Crippen molar-refractivity contribution in [1.29, 1.82) is 0 Å². The van der Waals surface area contributed by atoms with Gasteiger partial charge in [0.2, 0.25) is 34.1 Å². The summed E-state index contributed by atoms with van der Waals surface area (Å²) in [5.74, 6) is -3.42. The van der Waals surface area contributed by atoms with Crippen molar-refractivity contribution in [2.45, 2.75) is 133 Å². The van der Waals surface area contributed by atoms with Crippen LogP contribution in [-0.2, 0) is 35.6 Å². The number of ether oxygens (including phenoxy) is 3. The Kier molecular flexibility index (Phi) is 11.1. The van der Waals surface area contributed by atoms with Crippen LogP contribution >= 0.6 is 0 Å². The van der Waals surface area contributed by atoms with Crippen LogP contribution in [0.1, 0.15) is 91.2 Å². The van der Waals surface area contributed by atoms with Gasteiger partial charge in [-0.2, -0.15) is 0 Å². The standard InChI is InChI=1S/C39H52F2N6O9S/c1-20-29-19-47(31(20)33(48)45-39(18-22(39)16-30(40)41)36(50)46-57(52,53)24-12-13-24)35(49)32(38(2,3)4)44-37(51)56-28-15-21(28)9-7-6-8-10-26-34(55-29)43-27-17-23(54-5)11-14-25(27)42-26/h11,14,17,20-22,24,28-32H,6-10,12-13,15-16,18-19H2,1-5H3,(H,44,51)(H,45,48)(H,46,50)/t20-,21-,22-,28-,29+,31+,32-,39-/m1/s1. The third-order valence-corrected chi connectivity index (χ3v) is 13.8. The van der Waals surface area contributed by atoms with Gasteiger partial charge < -0.3 is 29.7 Å². The lowest BCUT2D eigenvalue weighted by Gasteiger charge is -2.36. The lowest BCUT2D eigenvalue weighted by Crippen LogP contribution is -2.61. The minimum absolute atomic E-state index is 0.154. The Labute approximate surface area is 330 Å². The zero-order valence-corrected chi connectivity index (χ0v) is 33.7. The molecule has 5 aliphatic rings. The lowest BCUT2D eigenvalue weighted by atomic mass is 9.85. The highest BCUT2D eigenvalue weighted by atomic mass is 32.2. The zero-order valence-electron chi connectivity index (χ0n) is 32.9. The summed E-state index contributed by atoms with van der Waals surface area (Å²) in [4.78, 5) is 67.3. The van der Waals surface area contributed by atoms with E-state index in [0.717, 1.165) is 32.1 Å². The molecule has 3 saturated carbocycles. The number of carbonyl (C=O) groups is 4. The summed E-state index contributed by atoms with van der Waals surface area (Å²) in [7, 11) is -2.55. The van der Waals surface area contributed by atoms with Gasteiger partial charge in [-0.1, -0.05) is 40.5 Å². The first-order chi connectivity index (χ1) is 26.9. The second-order valence-electron chi connectivity index (χ2n) is 17.4. The highest BCUT2D eigenvalue weighted by Crippen LogP contribution is 2.48. The number of amides is 4. The van der Waals surface area contributed by atoms with Crippen molar-refractivity contribution < 1.29 is 50.6 Å². The minimum atomic E-state index is -4.08. The largest absolute Gasteiger partial charge is 0.497 e. The fourth-order valence-corrected chi connectivity index (χ4v) is 9.60. The van der Waals surface area contributed by atoms with Crippen molar-refractivity contribution in [1.82, 2.24) is 30.2 Å². The zero-order chi connectivity index (χ0) is 41.0. The highest BCUT2D eigenvalue weighted by molar-refractivity contribution is 7.91. The second kappa shape index (κ2) is 15.4. The average Bonchev–Trinajstić information content (AvgIpc) is 4.06. The van der Waals surface area contributed by atoms with Crippen molar-refractivity contribution in [3.05, 3.63) is 23.9 Å². The molecule has 57 heavy (non-hydrogen) atoms. The van der Waals surface area contributed by atoms with E-state index in [0.29, 0.717) is 41.7 Å². The molecule has 15 nitrogen and oxygen atoms in total. The summed E-state index contributed by atoms with van der Waals surface area (Å²) in [5.41, 5.74) is -1.09. The Morgan fingerprint density at radius 3 is 2.51 bits per heavy atom. The van der Waals surface area contributed by atoms with Gasteiger partial charge in [0.15, 0.2) is 0 Å². The number of carbonyl (C=O) groups excluding carboxylic acids is 4. The molecule has 312 valence electrons. The topological polar surface area (TPSA) is 195 Å². The van der Waals surface area contributed by atoms with E-state index in [2.05, 4.69) is 10.6 Å². The molecule has 0 spiro atoms. The second-order valence-corrected chi connectivity index (χ2v) is 19.4. The first-order valence-corrected chi connectivity index (χ1v) is 21.4. The fraction of sp³-hybridized carbons (Fsp3) is 0.692. The third kappa shape index (κ3) is 8.75. The lowest BCUT2D eigenvalue weighted by molar-refractivity contribution is -0.143. The maximum atomic E-state index is 14.7. The van der Waals surface area contributed by atoms with Gasteiger partial charge in [-0.15, -0.1) is 0 Å².